The molecule has 0 atom stereocenters. The van der Waals surface area contributed by atoms with E-state index in [4.69, 9.17) is 16.3 Å². The molecule has 0 bridgehead atoms. The van der Waals surface area contributed by atoms with Crippen molar-refractivity contribution in [3.8, 4) is 5.75 Å². The fourth-order valence-electron chi connectivity index (χ4n) is 1.10. The van der Waals surface area contributed by atoms with Crippen LogP contribution in [0.15, 0.2) is 22.7 Å². The first-order valence-electron chi connectivity index (χ1n) is 4.75. The number of alkyl halides is 1. The molecular weight excluding hydrogens is 295 g/mol. The predicted octanol–water partition coefficient (Wildman–Crippen LogP) is 3.24. The van der Waals surface area contributed by atoms with E-state index in [1.54, 1.807) is 18.2 Å². The molecule has 16 heavy (non-hydrogen) atoms. The largest absolute Gasteiger partial charge is 0.492 e. The summed E-state index contributed by atoms with van der Waals surface area (Å²) in [6.07, 6.45) is 0.784. The quantitative estimate of drug-likeness (QED) is 0.476. The molecule has 0 fully saturated rings. The summed E-state index contributed by atoms with van der Waals surface area (Å²) >= 11 is 8.87. The molecule has 0 radical (unpaired) electrons. The van der Waals surface area contributed by atoms with Crippen molar-refractivity contribution in [1.29, 1.82) is 0 Å². The maximum atomic E-state index is 11.2. The number of hydrogen-bond acceptors (Lipinski definition) is 3. The molecule has 0 aliphatic heterocycles. The van der Waals surface area contributed by atoms with E-state index >= 15 is 0 Å². The van der Waals surface area contributed by atoms with Crippen molar-refractivity contribution in [3.63, 3.8) is 0 Å². The van der Waals surface area contributed by atoms with Gasteiger partial charge >= 0.3 is 5.97 Å². The van der Waals surface area contributed by atoms with Gasteiger partial charge in [0.1, 0.15) is 5.75 Å². The van der Waals surface area contributed by atoms with E-state index in [0.717, 1.165) is 10.9 Å². The van der Waals surface area contributed by atoms with E-state index in [0.29, 0.717) is 23.8 Å². The minimum Gasteiger partial charge on any atom is -0.492 e. The number of ether oxygens (including phenoxy) is 2. The van der Waals surface area contributed by atoms with Crippen molar-refractivity contribution in [2.45, 2.75) is 6.42 Å². The van der Waals surface area contributed by atoms with Gasteiger partial charge in [0.2, 0.25) is 0 Å². The van der Waals surface area contributed by atoms with Gasteiger partial charge in [0, 0.05) is 5.88 Å². The fraction of sp³-hybridized carbons (Fsp3) is 0.364. The van der Waals surface area contributed by atoms with E-state index < -0.39 is 0 Å². The molecule has 1 aromatic carbocycles. The lowest BCUT2D eigenvalue weighted by Crippen LogP contribution is -2.02. The van der Waals surface area contributed by atoms with Crippen LogP contribution in [0.4, 0.5) is 0 Å². The molecule has 3 nitrogen and oxygen atoms in total. The van der Waals surface area contributed by atoms with Crippen LogP contribution in [0.5, 0.6) is 5.75 Å². The van der Waals surface area contributed by atoms with Crippen LogP contribution >= 0.6 is 27.5 Å². The molecule has 88 valence electrons. The monoisotopic (exact) mass is 306 g/mol. The van der Waals surface area contributed by atoms with E-state index in [-0.39, 0.29) is 5.97 Å². The Morgan fingerprint density at radius 3 is 2.81 bits per heavy atom. The van der Waals surface area contributed by atoms with Gasteiger partial charge in [-0.1, -0.05) is 0 Å². The molecular formula is C11H12BrClO3. The van der Waals surface area contributed by atoms with Crippen LogP contribution in [0.3, 0.4) is 0 Å². The summed E-state index contributed by atoms with van der Waals surface area (Å²) in [7, 11) is 1.35. The third-order valence-corrected chi connectivity index (χ3v) is 2.78. The van der Waals surface area contributed by atoms with Gasteiger partial charge in [-0.05, 0) is 40.5 Å². The van der Waals surface area contributed by atoms with Crippen LogP contribution in [-0.2, 0) is 4.74 Å². The molecule has 0 amide bonds. The Labute approximate surface area is 108 Å². The van der Waals surface area contributed by atoms with Crippen LogP contribution in [0, 0.1) is 0 Å². The van der Waals surface area contributed by atoms with Crippen molar-refractivity contribution >= 4 is 33.5 Å². The Kier molecular flexibility index (Phi) is 5.63. The summed E-state index contributed by atoms with van der Waals surface area (Å²) in [5.74, 6) is 0.892. The van der Waals surface area contributed by atoms with Crippen LogP contribution in [-0.4, -0.2) is 25.6 Å². The van der Waals surface area contributed by atoms with Crippen molar-refractivity contribution in [2.24, 2.45) is 0 Å². The first-order chi connectivity index (χ1) is 7.69. The Morgan fingerprint density at radius 2 is 2.25 bits per heavy atom. The molecule has 0 unspecified atom stereocenters. The first-order valence-corrected chi connectivity index (χ1v) is 6.08. The Balaban J connectivity index is 2.71. The molecule has 0 saturated carbocycles. The molecule has 0 aliphatic carbocycles. The second-order valence-electron chi connectivity index (χ2n) is 3.03. The molecule has 0 N–H and O–H groups in total. The minimum atomic E-state index is -0.368. The maximum Gasteiger partial charge on any atom is 0.337 e. The first kappa shape index (κ1) is 13.3. The Hall–Kier alpha value is -0.740. The number of halogens is 2. The van der Waals surface area contributed by atoms with Gasteiger partial charge in [-0.2, -0.15) is 0 Å². The number of esters is 1. The van der Waals surface area contributed by atoms with Crippen molar-refractivity contribution < 1.29 is 14.3 Å². The van der Waals surface area contributed by atoms with Gasteiger partial charge in [0.25, 0.3) is 0 Å². The van der Waals surface area contributed by atoms with Crippen molar-refractivity contribution in [1.82, 2.24) is 0 Å². The van der Waals surface area contributed by atoms with Crippen LogP contribution in [0.1, 0.15) is 16.8 Å². The smallest absolute Gasteiger partial charge is 0.337 e. The summed E-state index contributed by atoms with van der Waals surface area (Å²) in [4.78, 5) is 11.2. The van der Waals surface area contributed by atoms with Crippen LogP contribution in [0.25, 0.3) is 0 Å². The molecule has 0 saturated heterocycles. The highest BCUT2D eigenvalue weighted by Gasteiger charge is 2.08. The minimum absolute atomic E-state index is 0.368. The maximum absolute atomic E-state index is 11.2. The molecule has 0 heterocycles. The number of benzene rings is 1. The van der Waals surface area contributed by atoms with Crippen molar-refractivity contribution in [3.05, 3.63) is 28.2 Å². The lowest BCUT2D eigenvalue weighted by molar-refractivity contribution is 0.0600. The van der Waals surface area contributed by atoms with E-state index in [1.165, 1.54) is 7.11 Å². The number of rotatable bonds is 5. The Morgan fingerprint density at radius 1 is 1.50 bits per heavy atom. The average Bonchev–Trinajstić information content (AvgIpc) is 2.30. The standard InChI is InChI=1S/C11H12BrClO3/c1-15-11(14)8-3-4-10(9(12)7-8)16-6-2-5-13/h3-4,7H,2,5-6H2,1H3. The van der Waals surface area contributed by atoms with Crippen LogP contribution in [0.2, 0.25) is 0 Å². The zero-order valence-electron chi connectivity index (χ0n) is 8.83. The Bertz CT molecular complexity index is 368. The summed E-state index contributed by atoms with van der Waals surface area (Å²) in [6.45, 7) is 0.555. The van der Waals surface area contributed by atoms with E-state index in [9.17, 15) is 4.79 Å². The fourth-order valence-corrected chi connectivity index (χ4v) is 1.70. The highest BCUT2D eigenvalue weighted by molar-refractivity contribution is 9.10. The lowest BCUT2D eigenvalue weighted by Gasteiger charge is -2.08. The van der Waals surface area contributed by atoms with Gasteiger partial charge in [0.15, 0.2) is 0 Å². The highest BCUT2D eigenvalue weighted by Crippen LogP contribution is 2.26. The van der Waals surface area contributed by atoms with Gasteiger partial charge in [-0.3, -0.25) is 0 Å². The van der Waals surface area contributed by atoms with E-state index in [2.05, 4.69) is 20.7 Å². The number of methoxy groups -OCH3 is 1. The second kappa shape index (κ2) is 6.76. The predicted molar refractivity (Wildman–Crippen MR) is 66.3 cm³/mol. The molecule has 5 heteroatoms. The zero-order chi connectivity index (χ0) is 12.0. The van der Waals surface area contributed by atoms with Gasteiger partial charge in [-0.25, -0.2) is 4.79 Å². The molecule has 0 aliphatic rings. The summed E-state index contributed by atoms with van der Waals surface area (Å²) in [5.41, 5.74) is 0.485. The van der Waals surface area contributed by atoms with Gasteiger partial charge in [0.05, 0.1) is 23.8 Å². The SMILES string of the molecule is COC(=O)c1ccc(OCCCCl)c(Br)c1. The number of hydrogen-bond donors (Lipinski definition) is 0. The lowest BCUT2D eigenvalue weighted by atomic mass is 10.2. The molecule has 0 spiro atoms. The number of carbonyl (C=O) groups excluding carboxylic acids is 1. The third kappa shape index (κ3) is 3.68. The number of carbonyl (C=O) groups is 1. The normalized spacial score (nSPS) is 9.94. The average molecular weight is 308 g/mol. The summed E-state index contributed by atoms with van der Waals surface area (Å²) in [6, 6.07) is 5.05. The topological polar surface area (TPSA) is 35.5 Å². The van der Waals surface area contributed by atoms with Crippen molar-refractivity contribution in [2.75, 3.05) is 19.6 Å². The molecule has 0 aromatic heterocycles. The highest BCUT2D eigenvalue weighted by atomic mass is 79.9. The summed E-state index contributed by atoms with van der Waals surface area (Å²) in [5, 5.41) is 0. The second-order valence-corrected chi connectivity index (χ2v) is 4.26. The summed E-state index contributed by atoms with van der Waals surface area (Å²) < 4.78 is 10.8. The molecule has 1 aromatic rings. The third-order valence-electron chi connectivity index (χ3n) is 1.89. The van der Waals surface area contributed by atoms with Gasteiger partial charge < -0.3 is 9.47 Å². The van der Waals surface area contributed by atoms with Crippen LogP contribution < -0.4 is 4.74 Å². The van der Waals surface area contributed by atoms with E-state index in [1.807, 2.05) is 0 Å². The zero-order valence-corrected chi connectivity index (χ0v) is 11.2. The molecule has 1 rings (SSSR count). The van der Waals surface area contributed by atoms with Gasteiger partial charge in [-0.15, -0.1) is 11.6 Å².